The molecule has 1 saturated carbocycles. The van der Waals surface area contributed by atoms with Gasteiger partial charge in [-0.1, -0.05) is 25.0 Å². The summed E-state index contributed by atoms with van der Waals surface area (Å²) >= 11 is 1.60. The highest BCUT2D eigenvalue weighted by Crippen LogP contribution is 2.39. The van der Waals surface area contributed by atoms with Gasteiger partial charge in [-0.05, 0) is 55.4 Å². The fourth-order valence-corrected chi connectivity index (χ4v) is 5.58. The van der Waals surface area contributed by atoms with Crippen molar-refractivity contribution in [3.05, 3.63) is 29.8 Å². The Balaban J connectivity index is 1.41. The van der Waals surface area contributed by atoms with Gasteiger partial charge in [-0.15, -0.1) is 0 Å². The van der Waals surface area contributed by atoms with Crippen LogP contribution >= 0.6 is 11.8 Å². The molecular weight excluding hydrogens is 426 g/mol. The summed E-state index contributed by atoms with van der Waals surface area (Å²) in [5.74, 6) is -0.269. The fraction of sp³-hybridized carbons (Fsp3) is 0.583. The smallest absolute Gasteiger partial charge is 0.243 e. The third kappa shape index (κ3) is 4.56. The van der Waals surface area contributed by atoms with Gasteiger partial charge in [0, 0.05) is 25.2 Å². The van der Waals surface area contributed by atoms with Gasteiger partial charge in [-0.3, -0.25) is 24.1 Å². The van der Waals surface area contributed by atoms with Crippen LogP contribution < -0.4 is 10.2 Å². The molecule has 2 heterocycles. The summed E-state index contributed by atoms with van der Waals surface area (Å²) in [5, 5.41) is 2.93. The first kappa shape index (κ1) is 22.8. The molecule has 1 aromatic rings. The summed E-state index contributed by atoms with van der Waals surface area (Å²) in [4.78, 5) is 54.1. The molecule has 4 rings (SSSR count). The number of hydrogen-bond donors (Lipinski definition) is 1. The van der Waals surface area contributed by atoms with Crippen molar-refractivity contribution in [2.45, 2.75) is 57.5 Å². The lowest BCUT2D eigenvalue weighted by molar-refractivity contribution is -0.148. The van der Waals surface area contributed by atoms with Crippen LogP contribution in [0.2, 0.25) is 0 Å². The third-order valence-corrected chi connectivity index (χ3v) is 7.52. The lowest BCUT2D eigenvalue weighted by Gasteiger charge is -2.26. The number of likely N-dealkylation sites (tertiary alicyclic amines) is 1. The van der Waals surface area contributed by atoms with Gasteiger partial charge in [0.1, 0.15) is 6.04 Å². The van der Waals surface area contributed by atoms with E-state index in [9.17, 15) is 19.2 Å². The second-order valence-electron chi connectivity index (χ2n) is 8.87. The number of rotatable bonds is 8. The van der Waals surface area contributed by atoms with Crippen LogP contribution in [0.1, 0.15) is 50.5 Å². The molecule has 0 aromatic heterocycles. The van der Waals surface area contributed by atoms with Crippen molar-refractivity contribution >= 4 is 41.1 Å². The van der Waals surface area contributed by atoms with Crippen molar-refractivity contribution in [3.63, 3.8) is 0 Å². The molecular formula is C24H31N3O4S. The summed E-state index contributed by atoms with van der Waals surface area (Å²) in [6.45, 7) is 1.05. The van der Waals surface area contributed by atoms with Crippen LogP contribution in [0.3, 0.4) is 0 Å². The van der Waals surface area contributed by atoms with E-state index in [4.69, 9.17) is 0 Å². The third-order valence-electron chi connectivity index (χ3n) is 6.87. The number of anilines is 1. The van der Waals surface area contributed by atoms with Crippen LogP contribution in [0.25, 0.3) is 0 Å². The topological polar surface area (TPSA) is 86.8 Å². The van der Waals surface area contributed by atoms with Crippen molar-refractivity contribution in [1.29, 1.82) is 0 Å². The molecule has 1 aromatic carbocycles. The predicted molar refractivity (Wildman–Crippen MR) is 124 cm³/mol. The van der Waals surface area contributed by atoms with Crippen LogP contribution in [0.5, 0.6) is 0 Å². The minimum absolute atomic E-state index is 0.142. The Labute approximate surface area is 193 Å². The first-order valence-corrected chi connectivity index (χ1v) is 12.9. The van der Waals surface area contributed by atoms with E-state index in [2.05, 4.69) is 5.32 Å². The van der Waals surface area contributed by atoms with Crippen molar-refractivity contribution in [3.8, 4) is 0 Å². The number of thioether (sulfide) groups is 1. The average molecular weight is 458 g/mol. The molecule has 0 spiro atoms. The van der Waals surface area contributed by atoms with Gasteiger partial charge < -0.3 is 10.2 Å². The SMILES string of the molecule is CSCC[C@H](C(=O)NCc1ccc(N2CCCC2=O)cc1)N1C(=O)[C@@H]2CCCC[C@H]2C1=O. The summed E-state index contributed by atoms with van der Waals surface area (Å²) in [6, 6.07) is 6.84. The molecule has 32 heavy (non-hydrogen) atoms. The first-order valence-electron chi connectivity index (χ1n) is 11.5. The molecule has 4 amide bonds. The van der Waals surface area contributed by atoms with E-state index in [-0.39, 0.29) is 35.5 Å². The average Bonchev–Trinajstić information content (AvgIpc) is 3.35. The van der Waals surface area contributed by atoms with Crippen LogP contribution in [-0.4, -0.2) is 53.1 Å². The molecule has 1 aliphatic carbocycles. The van der Waals surface area contributed by atoms with E-state index in [1.54, 1.807) is 16.7 Å². The lowest BCUT2D eigenvalue weighted by Crippen LogP contribution is -2.50. The number of amides is 4. The molecule has 2 aliphatic heterocycles. The van der Waals surface area contributed by atoms with Gasteiger partial charge in [0.25, 0.3) is 0 Å². The van der Waals surface area contributed by atoms with Crippen LogP contribution in [0.4, 0.5) is 5.69 Å². The standard InChI is InChI=1S/C24H31N3O4S/c1-32-14-12-20(27-23(30)18-5-2-3-6-19(18)24(27)31)22(29)25-15-16-8-10-17(11-9-16)26-13-4-7-21(26)28/h8-11,18-20H,2-7,12-15H2,1H3,(H,25,29)/t18-,19-,20-/m1/s1. The Morgan fingerprint density at radius 1 is 1.06 bits per heavy atom. The Morgan fingerprint density at radius 3 is 2.28 bits per heavy atom. The Morgan fingerprint density at radius 2 is 1.72 bits per heavy atom. The number of carbonyl (C=O) groups excluding carboxylic acids is 4. The summed E-state index contributed by atoms with van der Waals surface area (Å²) in [5.41, 5.74) is 1.78. The molecule has 8 heteroatoms. The highest BCUT2D eigenvalue weighted by atomic mass is 32.2. The van der Waals surface area contributed by atoms with Crippen molar-refractivity contribution in [2.75, 3.05) is 23.5 Å². The normalized spacial score (nSPS) is 24.1. The van der Waals surface area contributed by atoms with Gasteiger partial charge in [0.2, 0.25) is 23.6 Å². The minimum atomic E-state index is -0.755. The number of benzene rings is 1. The summed E-state index contributed by atoms with van der Waals surface area (Å²) in [7, 11) is 0. The second-order valence-corrected chi connectivity index (χ2v) is 9.86. The number of imide groups is 1. The second kappa shape index (κ2) is 10.1. The highest BCUT2D eigenvalue weighted by Gasteiger charge is 2.51. The minimum Gasteiger partial charge on any atom is -0.350 e. The number of fused-ring (bicyclic) bond motifs is 1. The zero-order valence-electron chi connectivity index (χ0n) is 18.5. The Bertz CT molecular complexity index is 864. The van der Waals surface area contributed by atoms with Gasteiger partial charge in [0.05, 0.1) is 11.8 Å². The van der Waals surface area contributed by atoms with E-state index in [0.717, 1.165) is 49.9 Å². The number of carbonyl (C=O) groups is 4. The number of hydrogen-bond acceptors (Lipinski definition) is 5. The fourth-order valence-electron chi connectivity index (χ4n) is 5.12. The van der Waals surface area contributed by atoms with Gasteiger partial charge in [-0.25, -0.2) is 0 Å². The number of nitrogens with zero attached hydrogens (tertiary/aromatic N) is 2. The Kier molecular flexibility index (Phi) is 7.18. The van der Waals surface area contributed by atoms with Gasteiger partial charge >= 0.3 is 0 Å². The number of nitrogens with one attached hydrogen (secondary N) is 1. The van der Waals surface area contributed by atoms with Gasteiger partial charge in [0.15, 0.2) is 0 Å². The van der Waals surface area contributed by atoms with E-state index in [1.165, 1.54) is 4.90 Å². The molecule has 3 atom stereocenters. The molecule has 1 N–H and O–H groups in total. The van der Waals surface area contributed by atoms with E-state index in [1.807, 2.05) is 30.5 Å². The van der Waals surface area contributed by atoms with E-state index in [0.29, 0.717) is 25.1 Å². The van der Waals surface area contributed by atoms with Crippen LogP contribution in [-0.2, 0) is 25.7 Å². The Hall–Kier alpha value is -2.35. The zero-order valence-corrected chi connectivity index (χ0v) is 19.4. The molecule has 3 fully saturated rings. The van der Waals surface area contributed by atoms with Crippen LogP contribution in [0, 0.1) is 11.8 Å². The van der Waals surface area contributed by atoms with E-state index >= 15 is 0 Å². The zero-order chi connectivity index (χ0) is 22.7. The maximum atomic E-state index is 13.1. The molecule has 7 nitrogen and oxygen atoms in total. The molecule has 172 valence electrons. The quantitative estimate of drug-likeness (QED) is 0.607. The summed E-state index contributed by atoms with van der Waals surface area (Å²) < 4.78 is 0. The van der Waals surface area contributed by atoms with E-state index < -0.39 is 6.04 Å². The van der Waals surface area contributed by atoms with Crippen LogP contribution in [0.15, 0.2) is 24.3 Å². The molecule has 0 unspecified atom stereocenters. The largest absolute Gasteiger partial charge is 0.350 e. The molecule has 0 radical (unpaired) electrons. The lowest BCUT2D eigenvalue weighted by atomic mass is 9.81. The highest BCUT2D eigenvalue weighted by molar-refractivity contribution is 7.98. The summed E-state index contributed by atoms with van der Waals surface area (Å²) in [6.07, 6.45) is 7.30. The maximum Gasteiger partial charge on any atom is 0.243 e. The van der Waals surface area contributed by atoms with Crippen molar-refractivity contribution in [2.24, 2.45) is 11.8 Å². The van der Waals surface area contributed by atoms with Crippen molar-refractivity contribution < 1.29 is 19.2 Å². The predicted octanol–water partition coefficient (Wildman–Crippen LogP) is 2.73. The molecule has 2 saturated heterocycles. The first-order chi connectivity index (χ1) is 15.5. The monoisotopic (exact) mass is 457 g/mol. The van der Waals surface area contributed by atoms with Crippen molar-refractivity contribution in [1.82, 2.24) is 10.2 Å². The molecule has 3 aliphatic rings. The van der Waals surface area contributed by atoms with Gasteiger partial charge in [-0.2, -0.15) is 11.8 Å². The maximum absolute atomic E-state index is 13.1. The molecule has 0 bridgehead atoms.